The smallest absolute Gasteiger partial charge is 0.271 e. The summed E-state index contributed by atoms with van der Waals surface area (Å²) in [5, 5.41) is 5.28. The molecule has 0 bridgehead atoms. The lowest BCUT2D eigenvalue weighted by Crippen LogP contribution is -2.23. The van der Waals surface area contributed by atoms with Crippen molar-refractivity contribution >= 4 is 16.9 Å². The molecule has 0 spiro atoms. The quantitative estimate of drug-likeness (QED) is 0.744. The molecular weight excluding hydrogens is 290 g/mol. The molecule has 0 N–H and O–H groups in total. The molecule has 0 atom stereocenters. The van der Waals surface area contributed by atoms with Crippen LogP contribution in [0.4, 0.5) is 5.82 Å². The first-order valence-corrected chi connectivity index (χ1v) is 8.08. The minimum absolute atomic E-state index is 0.0530. The van der Waals surface area contributed by atoms with Gasteiger partial charge in [0.05, 0.1) is 5.69 Å². The van der Waals surface area contributed by atoms with E-state index in [9.17, 15) is 4.79 Å². The Bertz CT molecular complexity index is 890. The Morgan fingerprint density at radius 2 is 1.87 bits per heavy atom. The van der Waals surface area contributed by atoms with E-state index in [1.165, 1.54) is 0 Å². The fourth-order valence-electron chi connectivity index (χ4n) is 3.19. The van der Waals surface area contributed by atoms with Crippen molar-refractivity contribution in [1.82, 2.24) is 19.3 Å². The molecule has 1 fully saturated rings. The predicted octanol–water partition coefficient (Wildman–Crippen LogP) is 2.20. The summed E-state index contributed by atoms with van der Waals surface area (Å²) in [6.07, 6.45) is 3.89. The molecule has 1 aliphatic rings. The molecule has 4 rings (SSSR count). The number of hydrogen-bond acceptors (Lipinski definition) is 4. The second-order valence-corrected chi connectivity index (χ2v) is 5.79. The van der Waals surface area contributed by atoms with E-state index in [0.717, 1.165) is 37.4 Å². The van der Waals surface area contributed by atoms with Gasteiger partial charge in [-0.1, -0.05) is 18.2 Å². The zero-order chi connectivity index (χ0) is 15.8. The maximum absolute atomic E-state index is 13.1. The molecule has 0 saturated carbocycles. The first-order valence-electron chi connectivity index (χ1n) is 8.08. The zero-order valence-electron chi connectivity index (χ0n) is 13.1. The zero-order valence-corrected chi connectivity index (χ0v) is 13.1. The monoisotopic (exact) mass is 309 g/mol. The average molecular weight is 309 g/mol. The predicted molar refractivity (Wildman–Crippen MR) is 90.2 cm³/mol. The highest BCUT2D eigenvalue weighted by Gasteiger charge is 2.23. The molecule has 6 heteroatoms. The van der Waals surface area contributed by atoms with Gasteiger partial charge in [0.15, 0.2) is 11.5 Å². The van der Waals surface area contributed by atoms with Gasteiger partial charge in [-0.15, -0.1) is 0 Å². The van der Waals surface area contributed by atoms with E-state index in [-0.39, 0.29) is 5.56 Å². The number of rotatable bonds is 3. The van der Waals surface area contributed by atoms with Gasteiger partial charge in [0.2, 0.25) is 0 Å². The number of benzene rings is 1. The maximum Gasteiger partial charge on any atom is 0.271 e. The maximum atomic E-state index is 13.1. The third kappa shape index (κ3) is 2.21. The Morgan fingerprint density at radius 3 is 2.57 bits per heavy atom. The molecule has 0 aliphatic carbocycles. The number of hydrogen-bond donors (Lipinski definition) is 0. The molecule has 23 heavy (non-hydrogen) atoms. The molecule has 1 aromatic carbocycles. The fourth-order valence-corrected chi connectivity index (χ4v) is 3.19. The van der Waals surface area contributed by atoms with Gasteiger partial charge in [0, 0.05) is 19.6 Å². The van der Waals surface area contributed by atoms with E-state index in [1.807, 2.05) is 41.9 Å². The Kier molecular flexibility index (Phi) is 3.37. The summed E-state index contributed by atoms with van der Waals surface area (Å²) in [7, 11) is 0. The fraction of sp³-hybridized carbons (Fsp3) is 0.353. The van der Waals surface area contributed by atoms with Crippen LogP contribution in [-0.2, 0) is 6.54 Å². The van der Waals surface area contributed by atoms with E-state index in [4.69, 9.17) is 0 Å². The average Bonchev–Trinajstić information content (AvgIpc) is 3.23. The van der Waals surface area contributed by atoms with Crippen LogP contribution < -0.4 is 10.5 Å². The molecule has 1 aliphatic heterocycles. The second kappa shape index (κ2) is 5.53. The van der Waals surface area contributed by atoms with Crippen LogP contribution in [0.15, 0.2) is 41.5 Å². The topological polar surface area (TPSA) is 56.0 Å². The van der Waals surface area contributed by atoms with Gasteiger partial charge in [-0.2, -0.15) is 5.10 Å². The minimum atomic E-state index is -0.0530. The van der Waals surface area contributed by atoms with Crippen molar-refractivity contribution in [2.24, 2.45) is 0 Å². The Labute approximate surface area is 134 Å². The number of aryl methyl sites for hydroxylation is 1. The highest BCUT2D eigenvalue weighted by Crippen LogP contribution is 2.25. The molecule has 3 heterocycles. The summed E-state index contributed by atoms with van der Waals surface area (Å²) in [6, 6.07) is 9.60. The summed E-state index contributed by atoms with van der Waals surface area (Å²) in [5.41, 5.74) is 1.44. The Hall–Kier alpha value is -2.63. The summed E-state index contributed by atoms with van der Waals surface area (Å²) in [6.45, 7) is 4.63. The molecule has 0 unspecified atom stereocenters. The van der Waals surface area contributed by atoms with Crippen molar-refractivity contribution in [2.75, 3.05) is 18.0 Å². The van der Waals surface area contributed by atoms with Crippen molar-refractivity contribution < 1.29 is 0 Å². The van der Waals surface area contributed by atoms with Gasteiger partial charge < -0.3 is 4.90 Å². The standard InChI is InChI=1S/C17H19N5O/c1-2-22-15-14(16(19-22)20-10-6-7-11-20)17(23)21(12-18-15)13-8-4-3-5-9-13/h3-5,8-9,12H,2,6-7,10-11H2,1H3. The SMILES string of the molecule is CCn1nc(N2CCCC2)c2c(=O)n(-c3ccccc3)cnc21. The van der Waals surface area contributed by atoms with Crippen LogP contribution in [0.5, 0.6) is 0 Å². The lowest BCUT2D eigenvalue weighted by Gasteiger charge is -2.14. The first-order chi connectivity index (χ1) is 11.3. The van der Waals surface area contributed by atoms with Crippen LogP contribution >= 0.6 is 0 Å². The molecule has 0 radical (unpaired) electrons. The second-order valence-electron chi connectivity index (χ2n) is 5.79. The van der Waals surface area contributed by atoms with Gasteiger partial charge in [-0.3, -0.25) is 9.36 Å². The molecule has 1 saturated heterocycles. The van der Waals surface area contributed by atoms with Crippen LogP contribution in [0, 0.1) is 0 Å². The van der Waals surface area contributed by atoms with Crippen molar-refractivity contribution in [2.45, 2.75) is 26.3 Å². The molecule has 0 amide bonds. The summed E-state index contributed by atoms with van der Waals surface area (Å²) in [5.74, 6) is 0.780. The molecule has 2 aromatic heterocycles. The number of para-hydroxylation sites is 1. The van der Waals surface area contributed by atoms with Crippen LogP contribution in [0.2, 0.25) is 0 Å². The van der Waals surface area contributed by atoms with Gasteiger partial charge in [0.1, 0.15) is 11.7 Å². The van der Waals surface area contributed by atoms with Gasteiger partial charge in [0.25, 0.3) is 5.56 Å². The number of anilines is 1. The summed E-state index contributed by atoms with van der Waals surface area (Å²) >= 11 is 0. The third-order valence-corrected chi connectivity index (χ3v) is 4.37. The van der Waals surface area contributed by atoms with E-state index in [2.05, 4.69) is 15.0 Å². The van der Waals surface area contributed by atoms with Gasteiger partial charge in [-0.25, -0.2) is 9.67 Å². The van der Waals surface area contributed by atoms with Crippen LogP contribution in [0.25, 0.3) is 16.7 Å². The van der Waals surface area contributed by atoms with Crippen molar-refractivity contribution in [1.29, 1.82) is 0 Å². The molecule has 6 nitrogen and oxygen atoms in total. The number of nitrogens with zero attached hydrogens (tertiary/aromatic N) is 5. The van der Waals surface area contributed by atoms with E-state index >= 15 is 0 Å². The van der Waals surface area contributed by atoms with E-state index < -0.39 is 0 Å². The number of aromatic nitrogens is 4. The van der Waals surface area contributed by atoms with E-state index in [1.54, 1.807) is 10.9 Å². The van der Waals surface area contributed by atoms with Crippen molar-refractivity contribution in [3.05, 3.63) is 47.0 Å². The highest BCUT2D eigenvalue weighted by atomic mass is 16.1. The van der Waals surface area contributed by atoms with Crippen LogP contribution in [0.1, 0.15) is 19.8 Å². The minimum Gasteiger partial charge on any atom is -0.354 e. The summed E-state index contributed by atoms with van der Waals surface area (Å²) in [4.78, 5) is 19.8. The van der Waals surface area contributed by atoms with Crippen LogP contribution in [-0.4, -0.2) is 32.4 Å². The molecular formula is C17H19N5O. The lowest BCUT2D eigenvalue weighted by molar-refractivity contribution is 0.670. The van der Waals surface area contributed by atoms with Crippen LogP contribution in [0.3, 0.4) is 0 Å². The van der Waals surface area contributed by atoms with E-state index in [0.29, 0.717) is 17.6 Å². The normalized spacial score (nSPS) is 14.7. The Morgan fingerprint density at radius 1 is 1.13 bits per heavy atom. The molecule has 3 aromatic rings. The van der Waals surface area contributed by atoms with Gasteiger partial charge in [-0.05, 0) is 31.9 Å². The number of fused-ring (bicyclic) bond motifs is 1. The van der Waals surface area contributed by atoms with Crippen molar-refractivity contribution in [3.8, 4) is 5.69 Å². The van der Waals surface area contributed by atoms with Gasteiger partial charge >= 0.3 is 0 Å². The summed E-state index contributed by atoms with van der Waals surface area (Å²) < 4.78 is 3.42. The molecule has 118 valence electrons. The Balaban J connectivity index is 1.98. The van der Waals surface area contributed by atoms with Crippen molar-refractivity contribution in [3.63, 3.8) is 0 Å². The lowest BCUT2D eigenvalue weighted by atomic mass is 10.3. The largest absolute Gasteiger partial charge is 0.354 e. The first kappa shape index (κ1) is 14.0. The highest BCUT2D eigenvalue weighted by molar-refractivity contribution is 5.87. The third-order valence-electron chi connectivity index (χ3n) is 4.37.